The Bertz CT molecular complexity index is 189. The van der Waals surface area contributed by atoms with E-state index in [1.165, 1.54) is 0 Å². The molecule has 0 aliphatic heterocycles. The van der Waals surface area contributed by atoms with Crippen LogP contribution in [0.25, 0.3) is 0 Å². The third-order valence-electron chi connectivity index (χ3n) is 2.16. The van der Waals surface area contributed by atoms with Crippen molar-refractivity contribution >= 4 is 6.03 Å². The first-order chi connectivity index (χ1) is 5.75. The van der Waals surface area contributed by atoms with Crippen LogP contribution in [0.15, 0.2) is 6.08 Å². The minimum Gasteiger partial charge on any atom is -0.341 e. The van der Waals surface area contributed by atoms with Crippen LogP contribution in [0.2, 0.25) is 0 Å². The van der Waals surface area contributed by atoms with Gasteiger partial charge in [0.25, 0.3) is 0 Å². The molecule has 1 unspecified atom stereocenters. The lowest BCUT2D eigenvalue weighted by molar-refractivity contribution is 0.197. The highest BCUT2D eigenvalue weighted by Gasteiger charge is 2.17. The molecule has 0 heterocycles. The smallest absolute Gasteiger partial charge is 0.317 e. The molecule has 0 fully saturated rings. The number of carbonyl (C=O) groups is 1. The summed E-state index contributed by atoms with van der Waals surface area (Å²) in [6.07, 6.45) is 8.34. The Balaban J connectivity index is 2.50. The van der Waals surface area contributed by atoms with Crippen LogP contribution in [0.5, 0.6) is 0 Å². The van der Waals surface area contributed by atoms with Gasteiger partial charge < -0.3 is 10.2 Å². The second kappa shape index (κ2) is 4.14. The SMILES string of the molecule is CNC(=O)N(C)C1C=[C]CCC1. The fourth-order valence-corrected chi connectivity index (χ4v) is 1.35. The fourth-order valence-electron chi connectivity index (χ4n) is 1.35. The molecular weight excluding hydrogens is 152 g/mol. The average Bonchev–Trinajstić information content (AvgIpc) is 2.17. The first-order valence-corrected chi connectivity index (χ1v) is 4.27. The third-order valence-corrected chi connectivity index (χ3v) is 2.16. The van der Waals surface area contributed by atoms with Crippen LogP contribution in [0.4, 0.5) is 4.79 Å². The molecule has 0 saturated heterocycles. The van der Waals surface area contributed by atoms with Crippen molar-refractivity contribution in [3.63, 3.8) is 0 Å². The number of hydrogen-bond donors (Lipinski definition) is 1. The predicted molar refractivity (Wildman–Crippen MR) is 47.7 cm³/mol. The molecule has 1 atom stereocenters. The second-order valence-electron chi connectivity index (χ2n) is 3.00. The number of likely N-dealkylation sites (N-methyl/N-ethyl adjacent to an activating group) is 1. The van der Waals surface area contributed by atoms with Gasteiger partial charge in [-0.25, -0.2) is 4.79 Å². The first-order valence-electron chi connectivity index (χ1n) is 4.27. The number of allylic oxidation sites excluding steroid dienone is 1. The summed E-state index contributed by atoms with van der Waals surface area (Å²) < 4.78 is 0. The Kier molecular flexibility index (Phi) is 3.14. The van der Waals surface area contributed by atoms with Crippen molar-refractivity contribution in [2.24, 2.45) is 0 Å². The Labute approximate surface area is 73.4 Å². The van der Waals surface area contributed by atoms with E-state index in [1.807, 2.05) is 13.1 Å². The van der Waals surface area contributed by atoms with E-state index in [0.717, 1.165) is 19.3 Å². The maximum absolute atomic E-state index is 11.2. The van der Waals surface area contributed by atoms with E-state index in [0.29, 0.717) is 0 Å². The molecule has 0 spiro atoms. The standard InChI is InChI=1S/C9H15N2O/c1-10-9(12)11(2)8-6-4-3-5-7-8/h7-8H,3-4,6H2,1-2H3,(H,10,12). The third kappa shape index (κ3) is 2.00. The van der Waals surface area contributed by atoms with Crippen molar-refractivity contribution in [3.8, 4) is 0 Å². The predicted octanol–water partition coefficient (Wildman–Crippen LogP) is 1.17. The summed E-state index contributed by atoms with van der Waals surface area (Å²) in [5, 5.41) is 2.60. The zero-order chi connectivity index (χ0) is 8.97. The number of urea groups is 1. The molecule has 0 bridgehead atoms. The molecular formula is C9H15N2O. The van der Waals surface area contributed by atoms with Crippen molar-refractivity contribution < 1.29 is 4.79 Å². The van der Waals surface area contributed by atoms with Crippen LogP contribution in [0.1, 0.15) is 19.3 Å². The Morgan fingerprint density at radius 3 is 3.00 bits per heavy atom. The lowest BCUT2D eigenvalue weighted by Crippen LogP contribution is -2.41. The summed E-state index contributed by atoms with van der Waals surface area (Å²) in [6, 6.07) is 0.207. The summed E-state index contributed by atoms with van der Waals surface area (Å²) in [5.74, 6) is 0. The summed E-state index contributed by atoms with van der Waals surface area (Å²) in [6.45, 7) is 0. The Hall–Kier alpha value is -0.990. The summed E-state index contributed by atoms with van der Waals surface area (Å²) in [5.41, 5.74) is 0. The van der Waals surface area contributed by atoms with Crippen LogP contribution in [-0.2, 0) is 0 Å². The van der Waals surface area contributed by atoms with Crippen LogP contribution < -0.4 is 5.32 Å². The molecule has 0 saturated carbocycles. The van der Waals surface area contributed by atoms with Gasteiger partial charge in [-0.15, -0.1) is 0 Å². The number of nitrogens with zero attached hydrogens (tertiary/aromatic N) is 1. The van der Waals surface area contributed by atoms with Crippen molar-refractivity contribution in [2.45, 2.75) is 25.3 Å². The minimum atomic E-state index is -0.0278. The van der Waals surface area contributed by atoms with Crippen molar-refractivity contribution in [2.75, 3.05) is 14.1 Å². The van der Waals surface area contributed by atoms with Crippen LogP contribution in [0.3, 0.4) is 0 Å². The van der Waals surface area contributed by atoms with Gasteiger partial charge in [-0.1, -0.05) is 6.08 Å². The number of amides is 2. The number of hydrogen-bond acceptors (Lipinski definition) is 1. The molecule has 12 heavy (non-hydrogen) atoms. The summed E-state index contributed by atoms with van der Waals surface area (Å²) in [7, 11) is 3.46. The second-order valence-corrected chi connectivity index (χ2v) is 3.00. The molecule has 3 nitrogen and oxygen atoms in total. The quantitative estimate of drug-likeness (QED) is 0.624. The van der Waals surface area contributed by atoms with Crippen molar-refractivity contribution in [1.82, 2.24) is 10.2 Å². The highest BCUT2D eigenvalue weighted by molar-refractivity contribution is 5.74. The van der Waals surface area contributed by atoms with E-state index in [1.54, 1.807) is 11.9 Å². The van der Waals surface area contributed by atoms with Crippen molar-refractivity contribution in [3.05, 3.63) is 12.2 Å². The van der Waals surface area contributed by atoms with Gasteiger partial charge in [-0.2, -0.15) is 0 Å². The molecule has 0 aromatic rings. The molecule has 1 rings (SSSR count). The fraction of sp³-hybridized carbons (Fsp3) is 0.667. The van der Waals surface area contributed by atoms with E-state index in [9.17, 15) is 4.79 Å². The maximum atomic E-state index is 11.2. The van der Waals surface area contributed by atoms with Gasteiger partial charge in [0, 0.05) is 14.1 Å². The molecule has 67 valence electrons. The Morgan fingerprint density at radius 2 is 2.50 bits per heavy atom. The van der Waals surface area contributed by atoms with Gasteiger partial charge in [-0.3, -0.25) is 0 Å². The molecule has 1 aliphatic carbocycles. The molecule has 2 amide bonds. The number of nitrogens with one attached hydrogen (secondary N) is 1. The Morgan fingerprint density at radius 1 is 1.75 bits per heavy atom. The lowest BCUT2D eigenvalue weighted by Gasteiger charge is -2.26. The van der Waals surface area contributed by atoms with Gasteiger partial charge in [-0.05, 0) is 25.3 Å². The van der Waals surface area contributed by atoms with Gasteiger partial charge >= 0.3 is 6.03 Å². The van der Waals surface area contributed by atoms with E-state index in [4.69, 9.17) is 0 Å². The van der Waals surface area contributed by atoms with Crippen LogP contribution >= 0.6 is 0 Å². The van der Waals surface area contributed by atoms with Crippen LogP contribution in [0, 0.1) is 6.08 Å². The van der Waals surface area contributed by atoms with Gasteiger partial charge in [0.05, 0.1) is 6.04 Å². The summed E-state index contributed by atoms with van der Waals surface area (Å²) in [4.78, 5) is 12.9. The van der Waals surface area contributed by atoms with E-state index in [-0.39, 0.29) is 12.1 Å². The maximum Gasteiger partial charge on any atom is 0.317 e. The van der Waals surface area contributed by atoms with Crippen LogP contribution in [-0.4, -0.2) is 31.1 Å². The molecule has 3 heteroatoms. The minimum absolute atomic E-state index is 0.0278. The molecule has 0 aromatic carbocycles. The molecule has 1 radical (unpaired) electrons. The van der Waals surface area contributed by atoms with E-state index >= 15 is 0 Å². The zero-order valence-electron chi connectivity index (χ0n) is 7.63. The summed E-state index contributed by atoms with van der Waals surface area (Å²) >= 11 is 0. The van der Waals surface area contributed by atoms with E-state index < -0.39 is 0 Å². The number of rotatable bonds is 1. The topological polar surface area (TPSA) is 32.3 Å². The molecule has 1 aliphatic rings. The first kappa shape index (κ1) is 9.10. The zero-order valence-corrected chi connectivity index (χ0v) is 7.63. The average molecular weight is 167 g/mol. The highest BCUT2D eigenvalue weighted by Crippen LogP contribution is 2.14. The van der Waals surface area contributed by atoms with Gasteiger partial charge in [0.2, 0.25) is 0 Å². The van der Waals surface area contributed by atoms with Crippen molar-refractivity contribution in [1.29, 1.82) is 0 Å². The highest BCUT2D eigenvalue weighted by atomic mass is 16.2. The largest absolute Gasteiger partial charge is 0.341 e. The molecule has 1 N–H and O–H groups in total. The van der Waals surface area contributed by atoms with Gasteiger partial charge in [0.1, 0.15) is 0 Å². The van der Waals surface area contributed by atoms with Gasteiger partial charge in [0.15, 0.2) is 0 Å². The molecule has 0 aromatic heterocycles. The number of carbonyl (C=O) groups excluding carboxylic acids is 1. The monoisotopic (exact) mass is 167 g/mol. The normalized spacial score (nSPS) is 22.0. The van der Waals surface area contributed by atoms with E-state index in [2.05, 4.69) is 11.4 Å². The lowest BCUT2D eigenvalue weighted by atomic mass is 10.0.